The van der Waals surface area contributed by atoms with Crippen LogP contribution in [0.1, 0.15) is 17.5 Å². The van der Waals surface area contributed by atoms with E-state index in [0.29, 0.717) is 10.6 Å². The second-order valence-electron chi connectivity index (χ2n) is 5.07. The number of rotatable bonds is 3. The highest BCUT2D eigenvalue weighted by Gasteiger charge is 2.46. The normalized spacial score (nSPS) is 27.3. The van der Waals surface area contributed by atoms with Crippen molar-refractivity contribution in [3.8, 4) is 0 Å². The Hall–Kier alpha value is 0.320. The van der Waals surface area contributed by atoms with Crippen molar-refractivity contribution in [3.05, 3.63) is 35.1 Å². The Bertz CT molecular complexity index is 523. The molecule has 1 fully saturated rings. The maximum absolute atomic E-state index is 13.2. The highest BCUT2D eigenvalue weighted by Crippen LogP contribution is 2.41. The van der Waals surface area contributed by atoms with Crippen LogP contribution in [0.4, 0.5) is 17.6 Å². The molecule has 2 atom stereocenters. The van der Waals surface area contributed by atoms with Crippen LogP contribution in [0.25, 0.3) is 0 Å². The summed E-state index contributed by atoms with van der Waals surface area (Å²) in [6.07, 6.45) is -3.68. The van der Waals surface area contributed by atoms with Crippen LogP contribution in [-0.4, -0.2) is 25.6 Å². The van der Waals surface area contributed by atoms with Crippen molar-refractivity contribution in [1.82, 2.24) is 4.90 Å². The minimum atomic E-state index is -4.57. The largest absolute Gasteiger partial charge is 0.416 e. The molecular weight excluding hydrogens is 514 g/mol. The zero-order chi connectivity index (χ0) is 15.8. The molecular formula is C13H14F4I2N2. The first kappa shape index (κ1) is 17.7. The van der Waals surface area contributed by atoms with Crippen molar-refractivity contribution >= 4 is 45.2 Å². The van der Waals surface area contributed by atoms with Gasteiger partial charge in [0.15, 0.2) is 0 Å². The van der Waals surface area contributed by atoms with Crippen LogP contribution in [0, 0.1) is 5.82 Å². The molecule has 8 heteroatoms. The van der Waals surface area contributed by atoms with E-state index in [1.807, 2.05) is 0 Å². The van der Waals surface area contributed by atoms with Gasteiger partial charge >= 0.3 is 6.18 Å². The van der Waals surface area contributed by atoms with Crippen LogP contribution in [0.5, 0.6) is 0 Å². The van der Waals surface area contributed by atoms with Gasteiger partial charge in [-0.05, 0) is 24.1 Å². The van der Waals surface area contributed by atoms with Gasteiger partial charge in [0.05, 0.1) is 13.7 Å². The van der Waals surface area contributed by atoms with Crippen LogP contribution in [0.2, 0.25) is 0 Å². The monoisotopic (exact) mass is 528 g/mol. The summed E-state index contributed by atoms with van der Waals surface area (Å²) >= 11 is 4.33. The Kier molecular flexibility index (Phi) is 5.42. The van der Waals surface area contributed by atoms with E-state index >= 15 is 0 Å². The molecule has 2 nitrogen and oxygen atoms in total. The van der Waals surface area contributed by atoms with Crippen molar-refractivity contribution in [2.24, 2.45) is 5.73 Å². The van der Waals surface area contributed by atoms with Gasteiger partial charge in [0.2, 0.25) is 0 Å². The third-order valence-corrected chi connectivity index (χ3v) is 6.45. The number of nitrogens with two attached hydrogens (primary N) is 1. The minimum Gasteiger partial charge on any atom is -0.325 e. The van der Waals surface area contributed by atoms with Gasteiger partial charge in [-0.1, -0.05) is 51.2 Å². The number of hydrogen-bond donors (Lipinski definition) is 1. The molecule has 0 spiro atoms. The van der Waals surface area contributed by atoms with Crippen LogP contribution in [-0.2, 0) is 12.6 Å². The zero-order valence-electron chi connectivity index (χ0n) is 10.9. The Labute approximate surface area is 147 Å². The Morgan fingerprint density at radius 1 is 1.38 bits per heavy atom. The third-order valence-electron chi connectivity index (χ3n) is 3.76. The van der Waals surface area contributed by atoms with Crippen molar-refractivity contribution in [3.63, 3.8) is 0 Å². The summed E-state index contributed by atoms with van der Waals surface area (Å²) in [5, 5.41) is 0. The molecule has 21 heavy (non-hydrogen) atoms. The van der Waals surface area contributed by atoms with Gasteiger partial charge in [0.1, 0.15) is 5.82 Å². The van der Waals surface area contributed by atoms with E-state index in [-0.39, 0.29) is 18.0 Å². The lowest BCUT2D eigenvalue weighted by Crippen LogP contribution is -2.49. The lowest BCUT2D eigenvalue weighted by atomic mass is 9.96. The molecule has 0 saturated carbocycles. The minimum absolute atomic E-state index is 0.0884. The van der Waals surface area contributed by atoms with Gasteiger partial charge in [-0.3, -0.25) is 4.90 Å². The van der Waals surface area contributed by atoms with Crippen molar-refractivity contribution < 1.29 is 17.6 Å². The Balaban J connectivity index is 2.39. The van der Waals surface area contributed by atoms with Crippen LogP contribution >= 0.6 is 45.2 Å². The van der Waals surface area contributed by atoms with Gasteiger partial charge in [0.25, 0.3) is 0 Å². The molecule has 1 heterocycles. The van der Waals surface area contributed by atoms with Crippen LogP contribution in [0.15, 0.2) is 18.2 Å². The maximum Gasteiger partial charge on any atom is 0.416 e. The molecule has 0 radical (unpaired) electrons. The quantitative estimate of drug-likeness (QED) is 0.279. The van der Waals surface area contributed by atoms with E-state index in [4.69, 9.17) is 5.73 Å². The fourth-order valence-corrected chi connectivity index (χ4v) is 5.31. The topological polar surface area (TPSA) is 29.3 Å². The average Bonchev–Trinajstić information content (AvgIpc) is 2.66. The Morgan fingerprint density at radius 3 is 2.62 bits per heavy atom. The van der Waals surface area contributed by atoms with E-state index in [1.165, 1.54) is 6.07 Å². The van der Waals surface area contributed by atoms with Gasteiger partial charge in [-0.25, -0.2) is 4.39 Å². The summed E-state index contributed by atoms with van der Waals surface area (Å²) in [5.41, 5.74) is 5.29. The predicted molar refractivity (Wildman–Crippen MR) is 90.0 cm³/mol. The standard InChI is InChI=1S/C13H14F4I2N2/c14-9-2-1-8(10(5-9)13(15,16)17)6-12(19)11(20)3-4-21(12)7-18/h1-2,5,11H,3-4,6-7,20H2. The summed E-state index contributed by atoms with van der Waals surface area (Å²) in [5.74, 6) is -0.880. The third kappa shape index (κ3) is 3.63. The summed E-state index contributed by atoms with van der Waals surface area (Å²) in [4.78, 5) is 2.07. The van der Waals surface area contributed by atoms with Gasteiger partial charge in [0, 0.05) is 19.0 Å². The molecule has 1 aliphatic heterocycles. The zero-order valence-corrected chi connectivity index (χ0v) is 15.2. The van der Waals surface area contributed by atoms with Gasteiger partial charge in [-0.15, -0.1) is 0 Å². The number of benzene rings is 1. The number of hydrogen-bond acceptors (Lipinski definition) is 2. The average molecular weight is 528 g/mol. The van der Waals surface area contributed by atoms with Crippen molar-refractivity contribution in [2.45, 2.75) is 28.6 Å². The SMILES string of the molecule is NC1CCN(CI)C1(I)Cc1ccc(F)cc1C(F)(F)F. The molecule has 1 saturated heterocycles. The van der Waals surface area contributed by atoms with Crippen LogP contribution in [0.3, 0.4) is 0 Å². The fraction of sp³-hybridized carbons (Fsp3) is 0.538. The molecule has 1 aromatic carbocycles. The Morgan fingerprint density at radius 2 is 2.05 bits per heavy atom. The van der Waals surface area contributed by atoms with E-state index in [1.54, 1.807) is 0 Å². The predicted octanol–water partition coefficient (Wildman–Crippen LogP) is 3.94. The van der Waals surface area contributed by atoms with Crippen molar-refractivity contribution in [2.75, 3.05) is 11.1 Å². The summed E-state index contributed by atoms with van der Waals surface area (Å²) in [6, 6.07) is 2.64. The fourth-order valence-electron chi connectivity index (χ4n) is 2.57. The second kappa shape index (κ2) is 6.44. The van der Waals surface area contributed by atoms with E-state index < -0.39 is 21.1 Å². The first-order valence-electron chi connectivity index (χ1n) is 6.29. The smallest absolute Gasteiger partial charge is 0.325 e. The van der Waals surface area contributed by atoms with Gasteiger partial charge < -0.3 is 5.73 Å². The lowest BCUT2D eigenvalue weighted by molar-refractivity contribution is -0.138. The highest BCUT2D eigenvalue weighted by molar-refractivity contribution is 14.1. The molecule has 1 aromatic rings. The first-order chi connectivity index (χ1) is 9.68. The molecule has 2 N–H and O–H groups in total. The molecule has 2 rings (SSSR count). The second-order valence-corrected chi connectivity index (χ2v) is 7.62. The first-order valence-corrected chi connectivity index (χ1v) is 8.90. The molecule has 0 bridgehead atoms. The maximum atomic E-state index is 13.2. The van der Waals surface area contributed by atoms with E-state index in [9.17, 15) is 17.6 Å². The number of halogens is 6. The van der Waals surface area contributed by atoms with Crippen LogP contribution < -0.4 is 5.73 Å². The molecule has 118 valence electrons. The summed E-state index contributed by atoms with van der Waals surface area (Å²) in [7, 11) is 0. The van der Waals surface area contributed by atoms with E-state index in [2.05, 4.69) is 50.1 Å². The van der Waals surface area contributed by atoms with Gasteiger partial charge in [-0.2, -0.15) is 13.2 Å². The number of likely N-dealkylation sites (tertiary alicyclic amines) is 1. The van der Waals surface area contributed by atoms with E-state index in [0.717, 1.165) is 19.0 Å². The molecule has 0 aliphatic carbocycles. The van der Waals surface area contributed by atoms with Crippen molar-refractivity contribution in [1.29, 1.82) is 0 Å². The lowest BCUT2D eigenvalue weighted by Gasteiger charge is -2.36. The molecule has 0 amide bonds. The number of alkyl halides is 5. The summed E-state index contributed by atoms with van der Waals surface area (Å²) < 4.78 is 52.6. The number of nitrogens with zero attached hydrogens (tertiary/aromatic N) is 1. The molecule has 0 aromatic heterocycles. The molecule has 1 aliphatic rings. The summed E-state index contributed by atoms with van der Waals surface area (Å²) in [6.45, 7) is 0.760. The highest BCUT2D eigenvalue weighted by atomic mass is 127. The molecule has 2 unspecified atom stereocenters.